The molecule has 6 heteroatoms. The number of amides is 1. The second-order valence-electron chi connectivity index (χ2n) is 4.43. The number of carboxylic acids is 1. The Morgan fingerprint density at radius 1 is 1.39 bits per heavy atom. The quantitative estimate of drug-likeness (QED) is 0.736. The number of nitrogens with zero attached hydrogens (tertiary/aromatic N) is 1. The SMILES string of the molecule is NC1CCCC1C(=O)Nc1ccc(C(=O)O)nc1. The molecule has 1 aliphatic carbocycles. The molecule has 2 rings (SSSR count). The molecule has 6 nitrogen and oxygen atoms in total. The Morgan fingerprint density at radius 3 is 2.67 bits per heavy atom. The number of hydrogen-bond acceptors (Lipinski definition) is 4. The van der Waals surface area contributed by atoms with Crippen LogP contribution in [0.5, 0.6) is 0 Å². The molecule has 0 saturated heterocycles. The largest absolute Gasteiger partial charge is 0.477 e. The van der Waals surface area contributed by atoms with Crippen LogP contribution in [0.1, 0.15) is 29.8 Å². The van der Waals surface area contributed by atoms with Crippen molar-refractivity contribution < 1.29 is 14.7 Å². The first kappa shape index (κ1) is 12.5. The Hall–Kier alpha value is -1.95. The highest BCUT2D eigenvalue weighted by molar-refractivity contribution is 5.93. The summed E-state index contributed by atoms with van der Waals surface area (Å²) in [6, 6.07) is 2.79. The summed E-state index contributed by atoms with van der Waals surface area (Å²) in [4.78, 5) is 26.3. The van der Waals surface area contributed by atoms with Crippen molar-refractivity contribution in [2.24, 2.45) is 11.7 Å². The lowest BCUT2D eigenvalue weighted by Crippen LogP contribution is -2.34. The van der Waals surface area contributed by atoms with Gasteiger partial charge in [-0.2, -0.15) is 0 Å². The second-order valence-corrected chi connectivity index (χ2v) is 4.43. The van der Waals surface area contributed by atoms with Crippen LogP contribution in [-0.4, -0.2) is 28.0 Å². The van der Waals surface area contributed by atoms with Crippen molar-refractivity contribution in [3.8, 4) is 0 Å². The summed E-state index contributed by atoms with van der Waals surface area (Å²) < 4.78 is 0. The van der Waals surface area contributed by atoms with Crippen molar-refractivity contribution in [2.75, 3.05) is 5.32 Å². The average molecular weight is 249 g/mol. The zero-order valence-electron chi connectivity index (χ0n) is 9.80. The first-order valence-electron chi connectivity index (χ1n) is 5.83. The van der Waals surface area contributed by atoms with Crippen molar-refractivity contribution >= 4 is 17.6 Å². The molecule has 0 aromatic carbocycles. The zero-order chi connectivity index (χ0) is 13.1. The standard InChI is InChI=1S/C12H15N3O3/c13-9-3-1-2-8(9)11(16)15-7-4-5-10(12(17)18)14-6-7/h4-6,8-9H,1-3,13H2,(H,15,16)(H,17,18). The van der Waals surface area contributed by atoms with Crippen molar-refractivity contribution in [3.63, 3.8) is 0 Å². The number of aromatic carboxylic acids is 1. The van der Waals surface area contributed by atoms with Gasteiger partial charge in [0.25, 0.3) is 0 Å². The van der Waals surface area contributed by atoms with E-state index in [4.69, 9.17) is 10.8 Å². The van der Waals surface area contributed by atoms with Crippen LogP contribution in [0.15, 0.2) is 18.3 Å². The minimum atomic E-state index is -1.09. The summed E-state index contributed by atoms with van der Waals surface area (Å²) in [6.07, 6.45) is 3.97. The van der Waals surface area contributed by atoms with Gasteiger partial charge in [0, 0.05) is 6.04 Å². The summed E-state index contributed by atoms with van der Waals surface area (Å²) in [6.45, 7) is 0. The number of carbonyl (C=O) groups is 2. The van der Waals surface area contributed by atoms with Crippen LogP contribution in [0.3, 0.4) is 0 Å². The molecule has 18 heavy (non-hydrogen) atoms. The molecule has 2 atom stereocenters. The second kappa shape index (κ2) is 5.14. The highest BCUT2D eigenvalue weighted by Gasteiger charge is 2.30. The highest BCUT2D eigenvalue weighted by atomic mass is 16.4. The van der Waals surface area contributed by atoms with Crippen LogP contribution in [0.25, 0.3) is 0 Å². The lowest BCUT2D eigenvalue weighted by atomic mass is 10.0. The number of carboxylic acid groups (broad SMARTS) is 1. The monoisotopic (exact) mass is 249 g/mol. The van der Waals surface area contributed by atoms with Gasteiger partial charge in [0.2, 0.25) is 5.91 Å². The Labute approximate surface area is 104 Å². The molecule has 0 radical (unpaired) electrons. The molecular weight excluding hydrogens is 234 g/mol. The van der Waals surface area contributed by atoms with E-state index in [-0.39, 0.29) is 23.6 Å². The number of hydrogen-bond donors (Lipinski definition) is 3. The molecule has 0 bridgehead atoms. The summed E-state index contributed by atoms with van der Waals surface area (Å²) in [7, 11) is 0. The Morgan fingerprint density at radius 2 is 2.17 bits per heavy atom. The molecule has 1 aromatic rings. The van der Waals surface area contributed by atoms with Gasteiger partial charge in [0.1, 0.15) is 5.69 Å². The maximum absolute atomic E-state index is 11.9. The normalized spacial score (nSPS) is 22.7. The number of pyridine rings is 1. The van der Waals surface area contributed by atoms with E-state index in [0.29, 0.717) is 5.69 Å². The van der Waals surface area contributed by atoms with E-state index in [1.165, 1.54) is 18.3 Å². The maximum atomic E-state index is 11.9. The molecule has 0 aliphatic heterocycles. The van der Waals surface area contributed by atoms with Crippen LogP contribution in [0.2, 0.25) is 0 Å². The van der Waals surface area contributed by atoms with Gasteiger partial charge in [-0.15, -0.1) is 0 Å². The summed E-state index contributed by atoms with van der Waals surface area (Å²) in [5.41, 5.74) is 6.28. The van der Waals surface area contributed by atoms with Gasteiger partial charge in [0.15, 0.2) is 0 Å². The van der Waals surface area contributed by atoms with Gasteiger partial charge >= 0.3 is 5.97 Å². The van der Waals surface area contributed by atoms with Crippen LogP contribution in [0, 0.1) is 5.92 Å². The van der Waals surface area contributed by atoms with Crippen LogP contribution in [0.4, 0.5) is 5.69 Å². The molecule has 4 N–H and O–H groups in total. The summed E-state index contributed by atoms with van der Waals surface area (Å²) >= 11 is 0. The molecule has 96 valence electrons. The average Bonchev–Trinajstić information content (AvgIpc) is 2.76. The topological polar surface area (TPSA) is 105 Å². The molecule has 2 unspecified atom stereocenters. The van der Waals surface area contributed by atoms with E-state index in [1.54, 1.807) is 0 Å². The van der Waals surface area contributed by atoms with E-state index in [0.717, 1.165) is 19.3 Å². The van der Waals surface area contributed by atoms with Crippen molar-refractivity contribution in [3.05, 3.63) is 24.0 Å². The van der Waals surface area contributed by atoms with E-state index in [2.05, 4.69) is 10.3 Å². The Bertz CT molecular complexity index is 458. The van der Waals surface area contributed by atoms with Crippen molar-refractivity contribution in [2.45, 2.75) is 25.3 Å². The van der Waals surface area contributed by atoms with Gasteiger partial charge in [-0.3, -0.25) is 4.79 Å². The van der Waals surface area contributed by atoms with Gasteiger partial charge in [-0.1, -0.05) is 6.42 Å². The first-order valence-corrected chi connectivity index (χ1v) is 5.83. The Kier molecular flexibility index (Phi) is 3.57. The van der Waals surface area contributed by atoms with Gasteiger partial charge in [-0.05, 0) is 25.0 Å². The Balaban J connectivity index is 2.00. The summed E-state index contributed by atoms with van der Waals surface area (Å²) in [5, 5.41) is 11.4. The molecule has 1 heterocycles. The minimum absolute atomic E-state index is 0.0504. The molecule has 1 aromatic heterocycles. The fourth-order valence-electron chi connectivity index (χ4n) is 2.14. The van der Waals surface area contributed by atoms with E-state index in [1.807, 2.05) is 0 Å². The number of nitrogens with one attached hydrogen (secondary N) is 1. The third-order valence-electron chi connectivity index (χ3n) is 3.16. The molecule has 1 amide bonds. The van der Waals surface area contributed by atoms with Crippen molar-refractivity contribution in [1.29, 1.82) is 0 Å². The lowest BCUT2D eigenvalue weighted by molar-refractivity contribution is -0.120. The van der Waals surface area contributed by atoms with E-state index < -0.39 is 5.97 Å². The minimum Gasteiger partial charge on any atom is -0.477 e. The first-order chi connectivity index (χ1) is 8.58. The lowest BCUT2D eigenvalue weighted by Gasteiger charge is -2.14. The number of anilines is 1. The third kappa shape index (κ3) is 2.65. The molecular formula is C12H15N3O3. The van der Waals surface area contributed by atoms with Crippen molar-refractivity contribution in [1.82, 2.24) is 4.98 Å². The zero-order valence-corrected chi connectivity index (χ0v) is 9.80. The number of aromatic nitrogens is 1. The molecule has 1 saturated carbocycles. The molecule has 1 fully saturated rings. The van der Waals surface area contributed by atoms with Crippen LogP contribution >= 0.6 is 0 Å². The maximum Gasteiger partial charge on any atom is 0.354 e. The highest BCUT2D eigenvalue weighted by Crippen LogP contribution is 2.25. The predicted octanol–water partition coefficient (Wildman–Crippen LogP) is 0.846. The van der Waals surface area contributed by atoms with Gasteiger partial charge in [0.05, 0.1) is 17.8 Å². The molecule has 1 aliphatic rings. The van der Waals surface area contributed by atoms with Crippen LogP contribution in [-0.2, 0) is 4.79 Å². The summed E-state index contributed by atoms with van der Waals surface area (Å²) in [5.74, 6) is -1.38. The van der Waals surface area contributed by atoms with Gasteiger partial charge in [-0.25, -0.2) is 9.78 Å². The molecule has 0 spiro atoms. The smallest absolute Gasteiger partial charge is 0.354 e. The van der Waals surface area contributed by atoms with Crippen LogP contribution < -0.4 is 11.1 Å². The van der Waals surface area contributed by atoms with E-state index in [9.17, 15) is 9.59 Å². The predicted molar refractivity (Wildman–Crippen MR) is 65.1 cm³/mol. The number of carbonyl (C=O) groups excluding carboxylic acids is 1. The van der Waals surface area contributed by atoms with Gasteiger partial charge < -0.3 is 16.2 Å². The fraction of sp³-hybridized carbons (Fsp3) is 0.417. The van der Waals surface area contributed by atoms with E-state index >= 15 is 0 Å². The number of rotatable bonds is 3. The fourth-order valence-corrected chi connectivity index (χ4v) is 2.14. The number of nitrogens with two attached hydrogens (primary N) is 1. The third-order valence-corrected chi connectivity index (χ3v) is 3.16.